The van der Waals surface area contributed by atoms with Crippen LogP contribution in [0.25, 0.3) is 11.0 Å². The molecule has 1 aromatic heterocycles. The van der Waals surface area contributed by atoms with Gasteiger partial charge in [0.2, 0.25) is 0 Å². The SMILES string of the molecule is Cc1ccc(C)c(Sc2ccc(NC(=O)c3oc4ccccc4c3C)cc2)c1. The largest absolute Gasteiger partial charge is 0.451 e. The highest BCUT2D eigenvalue weighted by atomic mass is 32.2. The fraction of sp³-hybridized carbons (Fsp3) is 0.125. The molecule has 0 bridgehead atoms. The first-order chi connectivity index (χ1) is 13.5. The van der Waals surface area contributed by atoms with E-state index in [9.17, 15) is 4.79 Å². The van der Waals surface area contributed by atoms with E-state index in [-0.39, 0.29) is 5.91 Å². The minimum atomic E-state index is -0.233. The van der Waals surface area contributed by atoms with E-state index in [1.54, 1.807) is 11.8 Å². The van der Waals surface area contributed by atoms with Gasteiger partial charge < -0.3 is 9.73 Å². The van der Waals surface area contributed by atoms with Crippen LogP contribution in [0, 0.1) is 20.8 Å². The zero-order chi connectivity index (χ0) is 19.7. The van der Waals surface area contributed by atoms with E-state index in [1.807, 2.05) is 55.5 Å². The number of aryl methyl sites for hydroxylation is 3. The van der Waals surface area contributed by atoms with E-state index in [0.29, 0.717) is 5.76 Å². The van der Waals surface area contributed by atoms with E-state index >= 15 is 0 Å². The fourth-order valence-electron chi connectivity index (χ4n) is 3.13. The summed E-state index contributed by atoms with van der Waals surface area (Å²) in [6.45, 7) is 6.12. The number of fused-ring (bicyclic) bond motifs is 1. The molecule has 0 radical (unpaired) electrons. The third kappa shape index (κ3) is 3.69. The van der Waals surface area contributed by atoms with Crippen LogP contribution in [-0.2, 0) is 0 Å². The molecule has 0 fully saturated rings. The predicted octanol–water partition coefficient (Wildman–Crippen LogP) is 6.76. The third-order valence-electron chi connectivity index (χ3n) is 4.73. The molecule has 4 heteroatoms. The number of para-hydroxylation sites is 1. The van der Waals surface area contributed by atoms with Crippen molar-refractivity contribution in [3.05, 3.63) is 89.2 Å². The van der Waals surface area contributed by atoms with Gasteiger partial charge in [0, 0.05) is 26.4 Å². The van der Waals surface area contributed by atoms with Crippen molar-refractivity contribution >= 4 is 34.3 Å². The van der Waals surface area contributed by atoms with Crippen LogP contribution in [0.1, 0.15) is 27.2 Å². The number of carbonyl (C=O) groups is 1. The molecule has 1 heterocycles. The maximum atomic E-state index is 12.7. The number of furan rings is 1. The fourth-order valence-corrected chi connectivity index (χ4v) is 4.13. The van der Waals surface area contributed by atoms with Gasteiger partial charge in [0.1, 0.15) is 5.58 Å². The number of carbonyl (C=O) groups excluding carboxylic acids is 1. The molecular weight excluding hydrogens is 366 g/mol. The Balaban J connectivity index is 1.50. The molecule has 0 aliphatic carbocycles. The number of amides is 1. The number of nitrogens with one attached hydrogen (secondary N) is 1. The van der Waals surface area contributed by atoms with Crippen LogP contribution >= 0.6 is 11.8 Å². The topological polar surface area (TPSA) is 42.2 Å². The highest BCUT2D eigenvalue weighted by Gasteiger charge is 2.17. The summed E-state index contributed by atoms with van der Waals surface area (Å²) in [6.07, 6.45) is 0. The Morgan fingerprint density at radius 2 is 1.68 bits per heavy atom. The maximum Gasteiger partial charge on any atom is 0.291 e. The molecule has 3 nitrogen and oxygen atoms in total. The average molecular weight is 388 g/mol. The van der Waals surface area contributed by atoms with Crippen molar-refractivity contribution in [2.75, 3.05) is 5.32 Å². The Kier molecular flexibility index (Phi) is 4.97. The third-order valence-corrected chi connectivity index (χ3v) is 5.90. The molecule has 0 unspecified atom stereocenters. The van der Waals surface area contributed by atoms with Gasteiger partial charge in [-0.1, -0.05) is 42.1 Å². The van der Waals surface area contributed by atoms with Crippen LogP contribution < -0.4 is 5.32 Å². The van der Waals surface area contributed by atoms with Crippen LogP contribution in [0.2, 0.25) is 0 Å². The average Bonchev–Trinajstić information content (AvgIpc) is 3.03. The summed E-state index contributed by atoms with van der Waals surface area (Å²) in [5, 5.41) is 3.90. The molecule has 0 spiro atoms. The number of hydrogen-bond acceptors (Lipinski definition) is 3. The van der Waals surface area contributed by atoms with Crippen molar-refractivity contribution in [3.63, 3.8) is 0 Å². The second-order valence-corrected chi connectivity index (χ2v) is 8.02. The zero-order valence-electron chi connectivity index (χ0n) is 16.1. The highest BCUT2D eigenvalue weighted by molar-refractivity contribution is 7.99. The lowest BCUT2D eigenvalue weighted by Gasteiger charge is -2.08. The zero-order valence-corrected chi connectivity index (χ0v) is 16.9. The smallest absolute Gasteiger partial charge is 0.291 e. The van der Waals surface area contributed by atoms with Crippen LogP contribution in [0.4, 0.5) is 5.69 Å². The summed E-state index contributed by atoms with van der Waals surface area (Å²) < 4.78 is 5.74. The molecule has 0 atom stereocenters. The lowest BCUT2D eigenvalue weighted by molar-refractivity contribution is 0.0998. The van der Waals surface area contributed by atoms with Crippen LogP contribution in [0.15, 0.2) is 80.9 Å². The predicted molar refractivity (Wildman–Crippen MR) is 115 cm³/mol. The first kappa shape index (κ1) is 18.4. The molecular formula is C24H21NO2S. The van der Waals surface area contributed by atoms with Gasteiger partial charge in [-0.25, -0.2) is 0 Å². The monoisotopic (exact) mass is 387 g/mol. The molecule has 3 aromatic carbocycles. The lowest BCUT2D eigenvalue weighted by Crippen LogP contribution is -2.11. The Morgan fingerprint density at radius 3 is 2.43 bits per heavy atom. The van der Waals surface area contributed by atoms with Gasteiger partial charge in [-0.15, -0.1) is 0 Å². The van der Waals surface area contributed by atoms with E-state index in [0.717, 1.165) is 27.1 Å². The Bertz CT molecular complexity index is 1160. The number of anilines is 1. The van der Waals surface area contributed by atoms with Gasteiger partial charge in [-0.3, -0.25) is 4.79 Å². The summed E-state index contributed by atoms with van der Waals surface area (Å²) in [4.78, 5) is 15.0. The molecule has 28 heavy (non-hydrogen) atoms. The van der Waals surface area contributed by atoms with E-state index < -0.39 is 0 Å². The number of hydrogen-bond donors (Lipinski definition) is 1. The van der Waals surface area contributed by atoms with Gasteiger partial charge in [-0.2, -0.15) is 0 Å². The second-order valence-electron chi connectivity index (χ2n) is 6.90. The second kappa shape index (κ2) is 7.56. The summed E-state index contributed by atoms with van der Waals surface area (Å²) >= 11 is 1.73. The molecule has 1 N–H and O–H groups in total. The molecule has 0 saturated carbocycles. The van der Waals surface area contributed by atoms with Gasteiger partial charge in [-0.05, 0) is 68.3 Å². The molecule has 4 aromatic rings. The first-order valence-electron chi connectivity index (χ1n) is 9.16. The summed E-state index contributed by atoms with van der Waals surface area (Å²) in [5.41, 5.74) is 4.84. The maximum absolute atomic E-state index is 12.7. The molecule has 0 aliphatic rings. The Labute approximate surface area is 168 Å². The van der Waals surface area contributed by atoms with Gasteiger partial charge in [0.15, 0.2) is 5.76 Å². The lowest BCUT2D eigenvalue weighted by atomic mass is 10.1. The minimum absolute atomic E-state index is 0.233. The van der Waals surface area contributed by atoms with Crippen molar-refractivity contribution in [2.45, 2.75) is 30.6 Å². The first-order valence-corrected chi connectivity index (χ1v) is 9.97. The van der Waals surface area contributed by atoms with Crippen molar-refractivity contribution in [3.8, 4) is 0 Å². The normalized spacial score (nSPS) is 11.0. The van der Waals surface area contributed by atoms with Crippen LogP contribution in [-0.4, -0.2) is 5.91 Å². The molecule has 0 saturated heterocycles. The summed E-state index contributed by atoms with van der Waals surface area (Å²) in [6, 6.07) is 22.0. The standard InChI is InChI=1S/C24H21NO2S/c1-15-8-9-16(2)22(14-15)28-19-12-10-18(11-13-19)25-24(26)23-17(3)20-6-4-5-7-21(20)27-23/h4-14H,1-3H3,(H,25,26). The van der Waals surface area contributed by atoms with Crippen LogP contribution in [0.3, 0.4) is 0 Å². The van der Waals surface area contributed by atoms with Gasteiger partial charge >= 0.3 is 0 Å². The Hall–Kier alpha value is -2.98. The molecule has 1 amide bonds. The van der Waals surface area contributed by atoms with Crippen molar-refractivity contribution < 1.29 is 9.21 Å². The van der Waals surface area contributed by atoms with Crippen molar-refractivity contribution in [1.82, 2.24) is 0 Å². The quantitative estimate of drug-likeness (QED) is 0.420. The van der Waals surface area contributed by atoms with E-state index in [4.69, 9.17) is 4.42 Å². The van der Waals surface area contributed by atoms with E-state index in [1.165, 1.54) is 16.0 Å². The number of rotatable bonds is 4. The van der Waals surface area contributed by atoms with Gasteiger partial charge in [0.05, 0.1) is 0 Å². The highest BCUT2D eigenvalue weighted by Crippen LogP contribution is 2.32. The number of benzene rings is 3. The summed E-state index contributed by atoms with van der Waals surface area (Å²) in [7, 11) is 0. The molecule has 140 valence electrons. The Morgan fingerprint density at radius 1 is 0.929 bits per heavy atom. The van der Waals surface area contributed by atoms with Gasteiger partial charge in [0.25, 0.3) is 5.91 Å². The minimum Gasteiger partial charge on any atom is -0.451 e. The van der Waals surface area contributed by atoms with Crippen molar-refractivity contribution in [1.29, 1.82) is 0 Å². The van der Waals surface area contributed by atoms with Crippen molar-refractivity contribution in [2.24, 2.45) is 0 Å². The van der Waals surface area contributed by atoms with Crippen LogP contribution in [0.5, 0.6) is 0 Å². The van der Waals surface area contributed by atoms with E-state index in [2.05, 4.69) is 37.4 Å². The summed E-state index contributed by atoms with van der Waals surface area (Å²) in [5.74, 6) is 0.124. The molecule has 0 aliphatic heterocycles. The molecule has 4 rings (SSSR count).